The van der Waals surface area contributed by atoms with E-state index in [4.69, 9.17) is 5.26 Å². The number of rotatable bonds is 7. The third-order valence-electron chi connectivity index (χ3n) is 4.59. The molecule has 0 aliphatic heterocycles. The minimum atomic E-state index is -0.149. The van der Waals surface area contributed by atoms with Crippen molar-refractivity contribution < 1.29 is 0 Å². The maximum Gasteiger partial charge on any atom is 0.0683 e. The Hall–Kier alpha value is -0.590. The zero-order valence-electron chi connectivity index (χ0n) is 13.2. The lowest BCUT2D eigenvalue weighted by Crippen LogP contribution is -2.40. The molecule has 0 saturated heterocycles. The summed E-state index contributed by atoms with van der Waals surface area (Å²) < 4.78 is 0. The number of nitrogens with zero attached hydrogens (tertiary/aromatic N) is 2. The molecule has 1 fully saturated rings. The maximum absolute atomic E-state index is 8.99. The molecule has 110 valence electrons. The second-order valence-electron chi connectivity index (χ2n) is 6.73. The van der Waals surface area contributed by atoms with Gasteiger partial charge in [0.25, 0.3) is 0 Å². The molecule has 1 aliphatic carbocycles. The fraction of sp³-hybridized carbons (Fsp3) is 0.938. The Morgan fingerprint density at radius 1 is 1.21 bits per heavy atom. The van der Waals surface area contributed by atoms with Crippen LogP contribution in [0.3, 0.4) is 0 Å². The molecule has 19 heavy (non-hydrogen) atoms. The first-order valence-electron chi connectivity index (χ1n) is 7.77. The molecule has 1 rings (SSSR count). The van der Waals surface area contributed by atoms with Gasteiger partial charge in [-0.25, -0.2) is 0 Å². The van der Waals surface area contributed by atoms with Crippen LogP contribution >= 0.6 is 0 Å². The van der Waals surface area contributed by atoms with Crippen molar-refractivity contribution in [3.8, 4) is 6.07 Å². The first-order chi connectivity index (χ1) is 8.98. The van der Waals surface area contributed by atoms with Crippen LogP contribution in [0.1, 0.15) is 58.8 Å². The van der Waals surface area contributed by atoms with Gasteiger partial charge in [-0.3, -0.25) is 0 Å². The van der Waals surface area contributed by atoms with Crippen molar-refractivity contribution in [1.29, 1.82) is 5.26 Å². The number of hydrogen-bond donors (Lipinski definition) is 1. The number of unbranched alkanes of at least 4 members (excludes halogenated alkanes) is 1. The number of nitrogens with one attached hydrogen (secondary N) is 1. The van der Waals surface area contributed by atoms with E-state index in [0.717, 1.165) is 24.9 Å². The van der Waals surface area contributed by atoms with E-state index in [9.17, 15) is 0 Å². The van der Waals surface area contributed by atoms with Crippen LogP contribution in [0.4, 0.5) is 0 Å². The largest absolute Gasteiger partial charge is 0.317 e. The minimum Gasteiger partial charge on any atom is -0.317 e. The maximum atomic E-state index is 8.99. The molecule has 1 aliphatic rings. The van der Waals surface area contributed by atoms with Crippen LogP contribution < -0.4 is 5.32 Å². The van der Waals surface area contributed by atoms with Crippen molar-refractivity contribution in [3.63, 3.8) is 0 Å². The highest BCUT2D eigenvalue weighted by Crippen LogP contribution is 2.24. The average Bonchev–Trinajstić information content (AvgIpc) is 2.43. The summed E-state index contributed by atoms with van der Waals surface area (Å²) in [6.45, 7) is 5.25. The lowest BCUT2D eigenvalue weighted by molar-refractivity contribution is 0.172. The van der Waals surface area contributed by atoms with Gasteiger partial charge in [-0.2, -0.15) is 5.26 Å². The summed E-state index contributed by atoms with van der Waals surface area (Å²) in [6.07, 6.45) is 8.67. The Balaban J connectivity index is 2.15. The molecule has 0 atom stereocenters. The first-order valence-corrected chi connectivity index (χ1v) is 7.77. The highest BCUT2D eigenvalue weighted by Gasteiger charge is 2.23. The molecule has 0 aromatic heterocycles. The molecule has 1 N–H and O–H groups in total. The molecule has 3 heteroatoms. The van der Waals surface area contributed by atoms with Gasteiger partial charge in [0.05, 0.1) is 11.5 Å². The van der Waals surface area contributed by atoms with Crippen molar-refractivity contribution in [2.24, 2.45) is 5.41 Å². The second-order valence-corrected chi connectivity index (χ2v) is 6.73. The predicted molar refractivity (Wildman–Crippen MR) is 81.0 cm³/mol. The molecule has 0 amide bonds. The fourth-order valence-corrected chi connectivity index (χ4v) is 2.97. The van der Waals surface area contributed by atoms with Crippen molar-refractivity contribution in [3.05, 3.63) is 0 Å². The van der Waals surface area contributed by atoms with Crippen LogP contribution in [-0.4, -0.2) is 37.6 Å². The van der Waals surface area contributed by atoms with Crippen molar-refractivity contribution in [1.82, 2.24) is 10.2 Å². The summed E-state index contributed by atoms with van der Waals surface area (Å²) in [7, 11) is 4.34. The molecule has 0 radical (unpaired) electrons. The normalized spacial score (nSPS) is 24.4. The summed E-state index contributed by atoms with van der Waals surface area (Å²) in [4.78, 5) is 2.53. The van der Waals surface area contributed by atoms with E-state index in [-0.39, 0.29) is 5.41 Å². The van der Waals surface area contributed by atoms with Crippen LogP contribution in [0, 0.1) is 16.7 Å². The molecule has 0 aromatic rings. The second kappa shape index (κ2) is 7.87. The number of nitriles is 1. The summed E-state index contributed by atoms with van der Waals surface area (Å²) >= 11 is 0. The molecule has 0 spiro atoms. The van der Waals surface area contributed by atoms with E-state index in [1.807, 2.05) is 13.8 Å². The molecule has 0 aromatic carbocycles. The molecule has 0 heterocycles. The van der Waals surface area contributed by atoms with Gasteiger partial charge in [0, 0.05) is 12.1 Å². The van der Waals surface area contributed by atoms with Crippen LogP contribution in [0.5, 0.6) is 0 Å². The third kappa shape index (κ3) is 5.93. The van der Waals surface area contributed by atoms with Gasteiger partial charge >= 0.3 is 0 Å². The van der Waals surface area contributed by atoms with E-state index in [2.05, 4.69) is 30.4 Å². The fourth-order valence-electron chi connectivity index (χ4n) is 2.97. The lowest BCUT2D eigenvalue weighted by atomic mass is 9.88. The molecule has 1 saturated carbocycles. The van der Waals surface area contributed by atoms with E-state index in [1.165, 1.54) is 38.6 Å². The van der Waals surface area contributed by atoms with Gasteiger partial charge in [0.15, 0.2) is 0 Å². The predicted octanol–water partition coefficient (Wildman–Crippen LogP) is 3.17. The van der Waals surface area contributed by atoms with Crippen molar-refractivity contribution in [2.75, 3.05) is 20.6 Å². The van der Waals surface area contributed by atoms with Gasteiger partial charge in [-0.1, -0.05) is 6.42 Å². The monoisotopic (exact) mass is 265 g/mol. The minimum absolute atomic E-state index is 0.149. The van der Waals surface area contributed by atoms with Gasteiger partial charge in [0.1, 0.15) is 0 Å². The Kier molecular flexibility index (Phi) is 6.82. The summed E-state index contributed by atoms with van der Waals surface area (Å²) in [5, 5.41) is 12.4. The Bertz CT molecular complexity index is 285. The first kappa shape index (κ1) is 16.5. The summed E-state index contributed by atoms with van der Waals surface area (Å²) in [5.74, 6) is 0. The molecular weight excluding hydrogens is 234 g/mol. The Labute approximate surface area is 119 Å². The highest BCUT2D eigenvalue weighted by molar-refractivity contribution is 4.91. The Morgan fingerprint density at radius 3 is 2.37 bits per heavy atom. The van der Waals surface area contributed by atoms with Crippen molar-refractivity contribution in [2.45, 2.75) is 70.9 Å². The lowest BCUT2D eigenvalue weighted by Gasteiger charge is -2.34. The highest BCUT2D eigenvalue weighted by atomic mass is 15.1. The SMILES string of the molecule is CNC1CCC(N(C)CCCCC(C)(C)C#N)CC1. The quantitative estimate of drug-likeness (QED) is 0.719. The summed E-state index contributed by atoms with van der Waals surface area (Å²) in [6, 6.07) is 3.89. The van der Waals surface area contributed by atoms with E-state index in [0.29, 0.717) is 0 Å². The molecule has 3 nitrogen and oxygen atoms in total. The van der Waals surface area contributed by atoms with Gasteiger partial charge in [-0.05, 0) is 73.0 Å². The van der Waals surface area contributed by atoms with Crippen molar-refractivity contribution >= 4 is 0 Å². The molecular formula is C16H31N3. The zero-order valence-corrected chi connectivity index (χ0v) is 13.2. The van der Waals surface area contributed by atoms with Gasteiger partial charge < -0.3 is 10.2 Å². The van der Waals surface area contributed by atoms with Gasteiger partial charge in [0.2, 0.25) is 0 Å². The van der Waals surface area contributed by atoms with Crippen LogP contribution in [0.15, 0.2) is 0 Å². The zero-order chi connectivity index (χ0) is 14.3. The van der Waals surface area contributed by atoms with E-state index >= 15 is 0 Å². The Morgan fingerprint density at radius 2 is 1.84 bits per heavy atom. The van der Waals surface area contributed by atoms with E-state index < -0.39 is 0 Å². The summed E-state index contributed by atoms with van der Waals surface area (Å²) in [5.41, 5.74) is -0.149. The number of hydrogen-bond acceptors (Lipinski definition) is 3. The topological polar surface area (TPSA) is 39.1 Å². The van der Waals surface area contributed by atoms with E-state index in [1.54, 1.807) is 0 Å². The average molecular weight is 265 g/mol. The van der Waals surface area contributed by atoms with Crippen LogP contribution in [-0.2, 0) is 0 Å². The standard InChI is InChI=1S/C16H31N3/c1-16(2,13-17)11-5-6-12-19(4)15-9-7-14(18-3)8-10-15/h14-15,18H,5-12H2,1-4H3. The molecule has 0 unspecified atom stereocenters. The van der Waals surface area contributed by atoms with Crippen LogP contribution in [0.25, 0.3) is 0 Å². The third-order valence-corrected chi connectivity index (χ3v) is 4.59. The molecule has 0 bridgehead atoms. The van der Waals surface area contributed by atoms with Gasteiger partial charge in [-0.15, -0.1) is 0 Å². The smallest absolute Gasteiger partial charge is 0.0683 e. The van der Waals surface area contributed by atoms with Crippen LogP contribution in [0.2, 0.25) is 0 Å².